The van der Waals surface area contributed by atoms with Crippen molar-refractivity contribution in [1.29, 1.82) is 0 Å². The standard InChI is InChI=1S/C14H22N4O/c1-10-6-7-16-11(2)14(10)17-13(19)5-4-12-8-15-9-18(12)3/h4-5,8-11,14,16H,6-7H2,1-3H3,(H,17,19). The zero-order valence-electron chi connectivity index (χ0n) is 11.8. The molecule has 1 aromatic rings. The van der Waals surface area contributed by atoms with Gasteiger partial charge in [0, 0.05) is 25.2 Å². The van der Waals surface area contributed by atoms with E-state index in [1.807, 2.05) is 11.6 Å². The Morgan fingerprint density at radius 1 is 1.58 bits per heavy atom. The van der Waals surface area contributed by atoms with Gasteiger partial charge >= 0.3 is 0 Å². The zero-order valence-corrected chi connectivity index (χ0v) is 11.8. The Labute approximate surface area is 114 Å². The largest absolute Gasteiger partial charge is 0.348 e. The van der Waals surface area contributed by atoms with Gasteiger partial charge in [0.2, 0.25) is 5.91 Å². The van der Waals surface area contributed by atoms with E-state index in [4.69, 9.17) is 0 Å². The molecule has 104 valence electrons. The van der Waals surface area contributed by atoms with Crippen LogP contribution in [0.25, 0.3) is 6.08 Å². The Kier molecular flexibility index (Phi) is 4.37. The van der Waals surface area contributed by atoms with Crippen LogP contribution in [0.15, 0.2) is 18.6 Å². The van der Waals surface area contributed by atoms with Gasteiger partial charge in [0.15, 0.2) is 0 Å². The number of hydrogen-bond acceptors (Lipinski definition) is 3. The van der Waals surface area contributed by atoms with Crippen LogP contribution in [0.5, 0.6) is 0 Å². The summed E-state index contributed by atoms with van der Waals surface area (Å²) in [7, 11) is 1.90. The fraction of sp³-hybridized carbons (Fsp3) is 0.571. The van der Waals surface area contributed by atoms with E-state index in [1.165, 1.54) is 0 Å². The highest BCUT2D eigenvalue weighted by molar-refractivity contribution is 5.91. The molecular formula is C14H22N4O. The SMILES string of the molecule is CC1CCNC(C)C1NC(=O)C=Cc1cncn1C. The molecule has 19 heavy (non-hydrogen) atoms. The van der Waals surface area contributed by atoms with Gasteiger partial charge in [-0.05, 0) is 31.9 Å². The van der Waals surface area contributed by atoms with E-state index < -0.39 is 0 Å². The summed E-state index contributed by atoms with van der Waals surface area (Å²) in [6.07, 6.45) is 7.91. The first kappa shape index (κ1) is 13.8. The molecule has 0 bridgehead atoms. The molecule has 1 aromatic heterocycles. The fourth-order valence-electron chi connectivity index (χ4n) is 2.51. The molecule has 3 atom stereocenters. The lowest BCUT2D eigenvalue weighted by molar-refractivity contribution is -0.117. The number of piperidine rings is 1. The van der Waals surface area contributed by atoms with Crippen LogP contribution in [0.4, 0.5) is 0 Å². The monoisotopic (exact) mass is 262 g/mol. The maximum absolute atomic E-state index is 12.0. The minimum absolute atomic E-state index is 0.0476. The fourth-order valence-corrected chi connectivity index (χ4v) is 2.51. The molecule has 0 aromatic carbocycles. The minimum atomic E-state index is -0.0476. The maximum Gasteiger partial charge on any atom is 0.244 e. The predicted molar refractivity (Wildman–Crippen MR) is 75.4 cm³/mol. The number of nitrogens with zero attached hydrogens (tertiary/aromatic N) is 2. The molecule has 2 N–H and O–H groups in total. The minimum Gasteiger partial charge on any atom is -0.348 e. The normalized spacial score (nSPS) is 27.6. The Morgan fingerprint density at radius 3 is 3.00 bits per heavy atom. The number of imidazole rings is 1. The van der Waals surface area contributed by atoms with Crippen molar-refractivity contribution in [2.45, 2.75) is 32.4 Å². The van der Waals surface area contributed by atoms with Gasteiger partial charge in [-0.3, -0.25) is 4.79 Å². The Morgan fingerprint density at radius 2 is 2.37 bits per heavy atom. The summed E-state index contributed by atoms with van der Waals surface area (Å²) in [5.41, 5.74) is 0.915. The Balaban J connectivity index is 1.94. The molecule has 5 heteroatoms. The Bertz CT molecular complexity index is 456. The van der Waals surface area contributed by atoms with E-state index in [1.54, 1.807) is 24.7 Å². The molecule has 0 saturated carbocycles. The molecule has 1 aliphatic heterocycles. The van der Waals surface area contributed by atoms with Gasteiger partial charge < -0.3 is 15.2 Å². The summed E-state index contributed by atoms with van der Waals surface area (Å²) < 4.78 is 1.87. The number of nitrogens with one attached hydrogen (secondary N) is 2. The quantitative estimate of drug-likeness (QED) is 0.797. The van der Waals surface area contributed by atoms with E-state index >= 15 is 0 Å². The van der Waals surface area contributed by atoms with E-state index in [0.29, 0.717) is 12.0 Å². The first-order chi connectivity index (χ1) is 9.08. The van der Waals surface area contributed by atoms with E-state index in [-0.39, 0.29) is 11.9 Å². The summed E-state index contributed by atoms with van der Waals surface area (Å²) in [5, 5.41) is 6.48. The average molecular weight is 262 g/mol. The van der Waals surface area contributed by atoms with Crippen LogP contribution in [0.1, 0.15) is 26.0 Å². The van der Waals surface area contributed by atoms with E-state index in [2.05, 4.69) is 29.5 Å². The van der Waals surface area contributed by atoms with Crippen LogP contribution in [-0.4, -0.2) is 34.1 Å². The van der Waals surface area contributed by atoms with Crippen molar-refractivity contribution in [2.24, 2.45) is 13.0 Å². The van der Waals surface area contributed by atoms with Crippen molar-refractivity contribution in [3.05, 3.63) is 24.3 Å². The molecule has 0 radical (unpaired) electrons. The second-order valence-electron chi connectivity index (χ2n) is 5.31. The van der Waals surface area contributed by atoms with Crippen LogP contribution in [0.3, 0.4) is 0 Å². The number of hydrogen-bond donors (Lipinski definition) is 2. The van der Waals surface area contributed by atoms with Crippen molar-refractivity contribution in [3.8, 4) is 0 Å². The summed E-state index contributed by atoms with van der Waals surface area (Å²) in [6, 6.07) is 0.509. The molecule has 2 heterocycles. The highest BCUT2D eigenvalue weighted by Crippen LogP contribution is 2.16. The molecule has 1 fully saturated rings. The van der Waals surface area contributed by atoms with E-state index in [9.17, 15) is 4.79 Å². The molecule has 3 unspecified atom stereocenters. The molecule has 1 saturated heterocycles. The zero-order chi connectivity index (χ0) is 13.8. The number of aromatic nitrogens is 2. The summed E-state index contributed by atoms with van der Waals surface area (Å²) in [6.45, 7) is 5.33. The second-order valence-corrected chi connectivity index (χ2v) is 5.31. The van der Waals surface area contributed by atoms with Crippen LogP contribution >= 0.6 is 0 Å². The molecule has 1 aliphatic rings. The lowest BCUT2D eigenvalue weighted by atomic mass is 9.89. The lowest BCUT2D eigenvalue weighted by Crippen LogP contribution is -2.55. The first-order valence-electron chi connectivity index (χ1n) is 6.76. The van der Waals surface area contributed by atoms with Gasteiger partial charge in [-0.25, -0.2) is 4.98 Å². The Hall–Kier alpha value is -1.62. The highest BCUT2D eigenvalue weighted by Gasteiger charge is 2.27. The van der Waals surface area contributed by atoms with Crippen LogP contribution in [-0.2, 0) is 11.8 Å². The highest BCUT2D eigenvalue weighted by atomic mass is 16.1. The van der Waals surface area contributed by atoms with E-state index in [0.717, 1.165) is 18.7 Å². The van der Waals surface area contributed by atoms with Crippen molar-refractivity contribution >= 4 is 12.0 Å². The molecule has 0 spiro atoms. The van der Waals surface area contributed by atoms with Gasteiger partial charge in [-0.15, -0.1) is 0 Å². The average Bonchev–Trinajstić information content (AvgIpc) is 2.77. The topological polar surface area (TPSA) is 58.9 Å². The van der Waals surface area contributed by atoms with Crippen molar-refractivity contribution in [1.82, 2.24) is 20.2 Å². The molecule has 1 amide bonds. The number of rotatable bonds is 3. The van der Waals surface area contributed by atoms with Gasteiger partial charge in [0.25, 0.3) is 0 Å². The van der Waals surface area contributed by atoms with Crippen LogP contribution in [0.2, 0.25) is 0 Å². The summed E-state index contributed by atoms with van der Waals surface area (Å²) in [5.74, 6) is 0.457. The molecule has 2 rings (SSSR count). The number of amides is 1. The van der Waals surface area contributed by atoms with Crippen LogP contribution < -0.4 is 10.6 Å². The smallest absolute Gasteiger partial charge is 0.244 e. The second kappa shape index (κ2) is 6.02. The van der Waals surface area contributed by atoms with Crippen molar-refractivity contribution in [3.63, 3.8) is 0 Å². The molecule has 5 nitrogen and oxygen atoms in total. The third-order valence-electron chi connectivity index (χ3n) is 3.79. The maximum atomic E-state index is 12.0. The van der Waals surface area contributed by atoms with Crippen molar-refractivity contribution in [2.75, 3.05) is 6.54 Å². The van der Waals surface area contributed by atoms with Crippen molar-refractivity contribution < 1.29 is 4.79 Å². The number of aryl methyl sites for hydroxylation is 1. The number of carbonyl (C=O) groups excluding carboxylic acids is 1. The summed E-state index contributed by atoms with van der Waals surface area (Å²) in [4.78, 5) is 16.0. The summed E-state index contributed by atoms with van der Waals surface area (Å²) >= 11 is 0. The molecule has 0 aliphatic carbocycles. The van der Waals surface area contributed by atoms with Gasteiger partial charge in [-0.1, -0.05) is 6.92 Å². The predicted octanol–water partition coefficient (Wildman–Crippen LogP) is 0.936. The van der Waals surface area contributed by atoms with Gasteiger partial charge in [-0.2, -0.15) is 0 Å². The first-order valence-corrected chi connectivity index (χ1v) is 6.76. The third-order valence-corrected chi connectivity index (χ3v) is 3.79. The molecular weight excluding hydrogens is 240 g/mol. The number of carbonyl (C=O) groups is 1. The third kappa shape index (κ3) is 3.44. The van der Waals surface area contributed by atoms with Gasteiger partial charge in [0.05, 0.1) is 18.2 Å². The lowest BCUT2D eigenvalue weighted by Gasteiger charge is -2.35. The van der Waals surface area contributed by atoms with Crippen LogP contribution in [0, 0.1) is 5.92 Å². The van der Waals surface area contributed by atoms with Gasteiger partial charge in [0.1, 0.15) is 0 Å².